The fourth-order valence-electron chi connectivity index (χ4n) is 3.13. The van der Waals surface area contributed by atoms with Gasteiger partial charge in [0.1, 0.15) is 0 Å². The molecule has 0 spiro atoms. The van der Waals surface area contributed by atoms with Gasteiger partial charge in [-0.15, -0.1) is 0 Å². The van der Waals surface area contributed by atoms with Gasteiger partial charge in [0.05, 0.1) is 5.69 Å². The van der Waals surface area contributed by atoms with Gasteiger partial charge in [0.15, 0.2) is 5.96 Å². The van der Waals surface area contributed by atoms with Crippen LogP contribution in [0, 0.1) is 0 Å². The molecule has 3 rings (SSSR count). The maximum absolute atomic E-state index is 11.7. The molecule has 3 N–H and O–H groups in total. The lowest BCUT2D eigenvalue weighted by molar-refractivity contribution is -0.116. The Morgan fingerprint density at radius 1 is 1.03 bits per heavy atom. The summed E-state index contributed by atoms with van der Waals surface area (Å²) in [7, 11) is 1.76. The highest BCUT2D eigenvalue weighted by molar-refractivity contribution is 5.90. The zero-order chi connectivity index (χ0) is 21.9. The fraction of sp³-hybridized carbons (Fsp3) is 0.292. The van der Waals surface area contributed by atoms with Crippen LogP contribution in [0.5, 0.6) is 0 Å². The molecular formula is C24H30N6O. The van der Waals surface area contributed by atoms with Crippen LogP contribution in [-0.2, 0) is 17.8 Å². The van der Waals surface area contributed by atoms with Crippen LogP contribution < -0.4 is 16.0 Å². The molecule has 0 aliphatic rings. The maximum Gasteiger partial charge on any atom is 0.224 e. The molecule has 1 aromatic heterocycles. The second-order valence-corrected chi connectivity index (χ2v) is 7.21. The van der Waals surface area contributed by atoms with E-state index in [-0.39, 0.29) is 5.91 Å². The molecule has 0 saturated carbocycles. The summed E-state index contributed by atoms with van der Waals surface area (Å²) in [5.41, 5.74) is 4.24. The largest absolute Gasteiger partial charge is 0.356 e. The van der Waals surface area contributed by atoms with Crippen LogP contribution in [-0.4, -0.2) is 35.2 Å². The minimum absolute atomic E-state index is 0.0500. The first-order valence-corrected chi connectivity index (χ1v) is 10.6. The lowest BCUT2D eigenvalue weighted by atomic mass is 10.1. The first kappa shape index (κ1) is 22.1. The lowest BCUT2D eigenvalue weighted by Gasteiger charge is -2.13. The number of aromatic nitrogens is 2. The minimum atomic E-state index is 0.0500. The quantitative estimate of drug-likeness (QED) is 0.367. The van der Waals surface area contributed by atoms with Crippen molar-refractivity contribution in [2.75, 3.05) is 18.9 Å². The van der Waals surface area contributed by atoms with Crippen molar-refractivity contribution in [3.63, 3.8) is 0 Å². The van der Waals surface area contributed by atoms with Gasteiger partial charge in [-0.1, -0.05) is 31.2 Å². The number of amides is 1. The molecule has 0 radical (unpaired) electrons. The number of nitrogens with zero attached hydrogens (tertiary/aromatic N) is 3. The Bertz CT molecular complexity index is 962. The summed E-state index contributed by atoms with van der Waals surface area (Å²) < 4.78 is 1.85. The van der Waals surface area contributed by atoms with Crippen molar-refractivity contribution in [2.24, 2.45) is 4.99 Å². The Hall–Kier alpha value is -3.61. The Kier molecular flexibility index (Phi) is 8.22. The monoisotopic (exact) mass is 418 g/mol. The number of anilines is 1. The van der Waals surface area contributed by atoms with Crippen LogP contribution in [0.4, 0.5) is 5.69 Å². The highest BCUT2D eigenvalue weighted by atomic mass is 16.1. The van der Waals surface area contributed by atoms with E-state index in [1.54, 1.807) is 13.2 Å². The first-order chi connectivity index (χ1) is 15.2. The van der Waals surface area contributed by atoms with Crippen molar-refractivity contribution in [1.82, 2.24) is 20.4 Å². The van der Waals surface area contributed by atoms with Crippen LogP contribution in [0.15, 0.2) is 72.0 Å². The van der Waals surface area contributed by atoms with Gasteiger partial charge in [-0.05, 0) is 54.3 Å². The summed E-state index contributed by atoms with van der Waals surface area (Å²) in [5, 5.41) is 13.8. The van der Waals surface area contributed by atoms with Crippen molar-refractivity contribution >= 4 is 17.6 Å². The van der Waals surface area contributed by atoms with E-state index in [4.69, 9.17) is 0 Å². The van der Waals surface area contributed by atoms with Crippen molar-refractivity contribution in [2.45, 2.75) is 32.7 Å². The molecule has 1 amide bonds. The first-order valence-electron chi connectivity index (χ1n) is 10.6. The molecule has 0 bridgehead atoms. The van der Waals surface area contributed by atoms with Gasteiger partial charge in [-0.3, -0.25) is 9.79 Å². The molecule has 0 fully saturated rings. The van der Waals surface area contributed by atoms with Crippen LogP contribution >= 0.6 is 0 Å². The zero-order valence-electron chi connectivity index (χ0n) is 18.1. The molecule has 7 nitrogen and oxygen atoms in total. The summed E-state index contributed by atoms with van der Waals surface area (Å²) in [6, 6.07) is 18.2. The van der Waals surface area contributed by atoms with E-state index >= 15 is 0 Å². The molecule has 31 heavy (non-hydrogen) atoms. The van der Waals surface area contributed by atoms with E-state index in [1.807, 2.05) is 48.1 Å². The third kappa shape index (κ3) is 6.99. The molecule has 7 heteroatoms. The molecule has 0 atom stereocenters. The van der Waals surface area contributed by atoms with E-state index in [2.05, 4.69) is 50.3 Å². The maximum atomic E-state index is 11.7. The molecular weight excluding hydrogens is 388 g/mol. The van der Waals surface area contributed by atoms with Crippen molar-refractivity contribution < 1.29 is 4.79 Å². The summed E-state index contributed by atoms with van der Waals surface area (Å²) >= 11 is 0. The molecule has 0 saturated heterocycles. The van der Waals surface area contributed by atoms with Gasteiger partial charge >= 0.3 is 0 Å². The van der Waals surface area contributed by atoms with Crippen LogP contribution in [0.2, 0.25) is 0 Å². The standard InChI is InChI=1S/C24H30N6O/c1-3-5-23(31)29-21-10-6-20(7-11-21)18-27-24(25-2)26-16-14-19-8-12-22(13-9-19)30-17-4-15-28-30/h4,6-13,15,17H,3,5,14,16,18H2,1-2H3,(H,29,31)(H2,25,26,27). The number of aliphatic imine (C=N–C) groups is 1. The summed E-state index contributed by atoms with van der Waals surface area (Å²) in [5.74, 6) is 0.808. The lowest BCUT2D eigenvalue weighted by Crippen LogP contribution is -2.37. The summed E-state index contributed by atoms with van der Waals surface area (Å²) in [6.45, 7) is 3.43. The Morgan fingerprint density at radius 2 is 1.77 bits per heavy atom. The number of hydrogen-bond acceptors (Lipinski definition) is 3. The number of benzene rings is 2. The molecule has 0 aliphatic heterocycles. The van der Waals surface area contributed by atoms with E-state index < -0.39 is 0 Å². The van der Waals surface area contributed by atoms with Crippen LogP contribution in [0.1, 0.15) is 30.9 Å². The number of nitrogens with one attached hydrogen (secondary N) is 3. The molecule has 1 heterocycles. The average molecular weight is 419 g/mol. The van der Waals surface area contributed by atoms with Crippen molar-refractivity contribution in [3.8, 4) is 5.69 Å². The smallest absolute Gasteiger partial charge is 0.224 e. The Morgan fingerprint density at radius 3 is 2.42 bits per heavy atom. The van der Waals surface area contributed by atoms with Gasteiger partial charge in [-0.2, -0.15) is 5.10 Å². The van der Waals surface area contributed by atoms with Crippen LogP contribution in [0.25, 0.3) is 5.69 Å². The van der Waals surface area contributed by atoms with E-state index in [1.165, 1.54) is 5.56 Å². The zero-order valence-corrected chi connectivity index (χ0v) is 18.1. The highest BCUT2D eigenvalue weighted by Gasteiger charge is 2.03. The van der Waals surface area contributed by atoms with Crippen molar-refractivity contribution in [1.29, 1.82) is 0 Å². The van der Waals surface area contributed by atoms with Gasteiger partial charge in [0, 0.05) is 44.6 Å². The second-order valence-electron chi connectivity index (χ2n) is 7.21. The normalized spacial score (nSPS) is 11.2. The SMILES string of the molecule is CCCC(=O)Nc1ccc(CNC(=NC)NCCc2ccc(-n3cccn3)cc2)cc1. The summed E-state index contributed by atoms with van der Waals surface area (Å²) in [4.78, 5) is 16.0. The predicted octanol–water partition coefficient (Wildman–Crippen LogP) is 3.52. The molecule has 2 aromatic carbocycles. The Labute approximate surface area is 183 Å². The predicted molar refractivity (Wildman–Crippen MR) is 125 cm³/mol. The highest BCUT2D eigenvalue weighted by Crippen LogP contribution is 2.11. The molecule has 0 unspecified atom stereocenters. The average Bonchev–Trinajstić information content (AvgIpc) is 3.33. The second kappa shape index (κ2) is 11.5. The third-order valence-corrected chi connectivity index (χ3v) is 4.81. The van der Waals surface area contributed by atoms with Gasteiger partial charge in [-0.25, -0.2) is 4.68 Å². The number of guanidine groups is 1. The van der Waals surface area contributed by atoms with Crippen LogP contribution in [0.3, 0.4) is 0 Å². The number of carbonyl (C=O) groups is 1. The number of rotatable bonds is 9. The number of carbonyl (C=O) groups excluding carboxylic acids is 1. The number of hydrogen-bond donors (Lipinski definition) is 3. The topological polar surface area (TPSA) is 83.3 Å². The van der Waals surface area contributed by atoms with E-state index in [0.29, 0.717) is 13.0 Å². The minimum Gasteiger partial charge on any atom is -0.356 e. The van der Waals surface area contributed by atoms with E-state index in [9.17, 15) is 4.79 Å². The summed E-state index contributed by atoms with van der Waals surface area (Å²) in [6.07, 6.45) is 5.99. The molecule has 162 valence electrons. The van der Waals surface area contributed by atoms with Gasteiger partial charge < -0.3 is 16.0 Å². The molecule has 3 aromatic rings. The molecule has 0 aliphatic carbocycles. The van der Waals surface area contributed by atoms with E-state index in [0.717, 1.165) is 42.3 Å². The Balaban J connectivity index is 1.41. The fourth-order valence-corrected chi connectivity index (χ4v) is 3.13. The van der Waals surface area contributed by atoms with Gasteiger partial charge in [0.2, 0.25) is 5.91 Å². The van der Waals surface area contributed by atoms with Gasteiger partial charge in [0.25, 0.3) is 0 Å². The van der Waals surface area contributed by atoms with Crippen molar-refractivity contribution in [3.05, 3.63) is 78.1 Å². The third-order valence-electron chi connectivity index (χ3n) is 4.81.